The first-order chi connectivity index (χ1) is 7.65. The number of carbonyl (C=O) groups excluding carboxylic acids is 1. The molecule has 0 saturated heterocycles. The molecule has 16 heavy (non-hydrogen) atoms. The van der Waals surface area contributed by atoms with E-state index in [-0.39, 0.29) is 5.91 Å². The van der Waals surface area contributed by atoms with Crippen molar-refractivity contribution in [1.82, 2.24) is 10.3 Å². The maximum absolute atomic E-state index is 11.7. The van der Waals surface area contributed by atoms with Gasteiger partial charge in [0.05, 0.1) is 20.0 Å². The maximum Gasteiger partial charge on any atom is 0.252 e. The van der Waals surface area contributed by atoms with E-state index in [1.165, 1.54) is 0 Å². The van der Waals surface area contributed by atoms with E-state index >= 15 is 0 Å². The number of thiophene rings is 1. The number of carbonyl (C=O) groups is 1. The van der Waals surface area contributed by atoms with Crippen LogP contribution in [0.2, 0.25) is 0 Å². The molecule has 0 aromatic carbocycles. The number of thiazole rings is 1. The van der Waals surface area contributed by atoms with Gasteiger partial charge in [0, 0.05) is 16.5 Å². The summed E-state index contributed by atoms with van der Waals surface area (Å²) >= 11 is 5.39. The Labute approximate surface area is 115 Å². The van der Waals surface area contributed by atoms with Crippen molar-refractivity contribution in [1.29, 1.82) is 0 Å². The van der Waals surface area contributed by atoms with Gasteiger partial charge < -0.3 is 5.32 Å². The molecule has 0 saturated carbocycles. The molecular weight excluding hydrogens is 355 g/mol. The summed E-state index contributed by atoms with van der Waals surface area (Å²) in [6, 6.07) is 1.89. The van der Waals surface area contributed by atoms with E-state index in [0.717, 1.165) is 18.3 Å². The van der Waals surface area contributed by atoms with E-state index in [1.807, 2.05) is 18.4 Å². The molecule has 0 radical (unpaired) electrons. The molecular formula is C10H9IN2OS2. The molecule has 1 amide bonds. The molecule has 0 fully saturated rings. The molecule has 0 spiro atoms. The molecule has 1 N–H and O–H groups in total. The van der Waals surface area contributed by atoms with E-state index in [9.17, 15) is 4.79 Å². The zero-order chi connectivity index (χ0) is 11.5. The van der Waals surface area contributed by atoms with Crippen LogP contribution in [0.1, 0.15) is 20.2 Å². The predicted molar refractivity (Wildman–Crippen MR) is 75.1 cm³/mol. The fraction of sp³-hybridized carbons (Fsp3) is 0.200. The quantitative estimate of drug-likeness (QED) is 0.851. The smallest absolute Gasteiger partial charge is 0.252 e. The van der Waals surface area contributed by atoms with Gasteiger partial charge in [-0.25, -0.2) is 4.98 Å². The van der Waals surface area contributed by atoms with Gasteiger partial charge in [-0.05, 0) is 35.6 Å². The summed E-state index contributed by atoms with van der Waals surface area (Å²) in [5, 5.41) is 5.77. The highest BCUT2D eigenvalue weighted by atomic mass is 127. The van der Waals surface area contributed by atoms with Crippen LogP contribution >= 0.6 is 45.3 Å². The molecule has 2 heterocycles. The summed E-state index contributed by atoms with van der Waals surface area (Å²) < 4.78 is 1.12. The van der Waals surface area contributed by atoms with Crippen molar-refractivity contribution in [3.63, 3.8) is 0 Å². The summed E-state index contributed by atoms with van der Waals surface area (Å²) in [5.74, 6) is -0.0229. The molecule has 84 valence electrons. The minimum Gasteiger partial charge on any atom is -0.347 e. The van der Waals surface area contributed by atoms with Crippen LogP contribution in [-0.2, 0) is 6.54 Å². The third-order valence-corrected chi connectivity index (χ3v) is 4.62. The number of nitrogens with one attached hydrogen (secondary N) is 1. The highest BCUT2D eigenvalue weighted by molar-refractivity contribution is 14.1. The summed E-state index contributed by atoms with van der Waals surface area (Å²) in [6.07, 6.45) is 1.80. The number of halogens is 1. The molecule has 0 bridgehead atoms. The van der Waals surface area contributed by atoms with Crippen LogP contribution in [0.5, 0.6) is 0 Å². The lowest BCUT2D eigenvalue weighted by Crippen LogP contribution is -2.21. The lowest BCUT2D eigenvalue weighted by Gasteiger charge is -2.00. The number of amides is 1. The van der Waals surface area contributed by atoms with Gasteiger partial charge in [0.1, 0.15) is 0 Å². The van der Waals surface area contributed by atoms with Gasteiger partial charge in [-0.15, -0.1) is 22.7 Å². The van der Waals surface area contributed by atoms with Crippen molar-refractivity contribution in [2.45, 2.75) is 13.5 Å². The average Bonchev–Trinajstić information content (AvgIpc) is 2.84. The third-order valence-electron chi connectivity index (χ3n) is 1.92. The molecule has 2 aromatic rings. The minimum atomic E-state index is -0.0229. The molecule has 0 aliphatic rings. The molecule has 3 nitrogen and oxygen atoms in total. The highest BCUT2D eigenvalue weighted by Gasteiger charge is 2.07. The largest absolute Gasteiger partial charge is 0.347 e. The lowest BCUT2D eigenvalue weighted by atomic mass is 10.3. The zero-order valence-electron chi connectivity index (χ0n) is 8.49. The summed E-state index contributed by atoms with van der Waals surface area (Å²) in [4.78, 5) is 16.9. The number of aromatic nitrogens is 1. The molecule has 0 unspecified atom stereocenters. The van der Waals surface area contributed by atoms with E-state index in [2.05, 4.69) is 32.9 Å². The number of aryl methyl sites for hydroxylation is 1. The second-order valence-corrected chi connectivity index (χ2v) is 7.29. The molecule has 2 rings (SSSR count). The Morgan fingerprint density at radius 3 is 3.00 bits per heavy atom. The van der Waals surface area contributed by atoms with Crippen LogP contribution in [0.3, 0.4) is 0 Å². The Kier molecular flexibility index (Phi) is 3.93. The number of hydrogen-bond acceptors (Lipinski definition) is 4. The lowest BCUT2D eigenvalue weighted by molar-refractivity contribution is 0.0951. The Morgan fingerprint density at radius 2 is 2.44 bits per heavy atom. The SMILES string of the molecule is Cc1ncc(CNC(=O)c2csc(I)c2)s1. The Morgan fingerprint density at radius 1 is 1.62 bits per heavy atom. The standard InChI is InChI=1S/C10H9IN2OS2/c1-6-12-3-8(16-6)4-13-10(14)7-2-9(11)15-5-7/h2-3,5H,4H2,1H3,(H,13,14). The first-order valence-corrected chi connectivity index (χ1v) is 7.36. The van der Waals surface area contributed by atoms with Crippen LogP contribution in [0.25, 0.3) is 0 Å². The third kappa shape index (κ3) is 3.02. The molecule has 0 atom stereocenters. The van der Waals surface area contributed by atoms with Gasteiger partial charge >= 0.3 is 0 Å². The Balaban J connectivity index is 1.93. The monoisotopic (exact) mass is 364 g/mol. The second kappa shape index (κ2) is 5.24. The van der Waals surface area contributed by atoms with E-state index in [0.29, 0.717) is 6.54 Å². The van der Waals surface area contributed by atoms with Crippen LogP contribution in [0, 0.1) is 9.81 Å². The fourth-order valence-electron chi connectivity index (χ4n) is 1.19. The number of rotatable bonds is 3. The van der Waals surface area contributed by atoms with Gasteiger partial charge in [0.2, 0.25) is 0 Å². The number of hydrogen-bond donors (Lipinski definition) is 1. The zero-order valence-corrected chi connectivity index (χ0v) is 12.3. The average molecular weight is 364 g/mol. The first kappa shape index (κ1) is 12.0. The van der Waals surface area contributed by atoms with E-state index < -0.39 is 0 Å². The van der Waals surface area contributed by atoms with E-state index in [4.69, 9.17) is 0 Å². The van der Waals surface area contributed by atoms with Crippen molar-refractivity contribution >= 4 is 51.2 Å². The van der Waals surface area contributed by atoms with Crippen molar-refractivity contribution < 1.29 is 4.79 Å². The summed E-state index contributed by atoms with van der Waals surface area (Å²) in [7, 11) is 0. The van der Waals surface area contributed by atoms with Gasteiger partial charge in [-0.1, -0.05) is 0 Å². The second-order valence-electron chi connectivity index (χ2n) is 3.17. The number of nitrogens with zero attached hydrogens (tertiary/aromatic N) is 1. The van der Waals surface area contributed by atoms with Gasteiger partial charge in [-0.3, -0.25) is 4.79 Å². The van der Waals surface area contributed by atoms with Gasteiger partial charge in [0.25, 0.3) is 5.91 Å². The van der Waals surface area contributed by atoms with E-state index in [1.54, 1.807) is 28.9 Å². The van der Waals surface area contributed by atoms with Crippen molar-refractivity contribution in [2.24, 2.45) is 0 Å². The molecule has 6 heteroatoms. The normalized spacial score (nSPS) is 10.4. The Bertz CT molecular complexity index is 506. The van der Waals surface area contributed by atoms with Crippen LogP contribution in [0.4, 0.5) is 0 Å². The molecule has 2 aromatic heterocycles. The van der Waals surface area contributed by atoms with Gasteiger partial charge in [0.15, 0.2) is 0 Å². The van der Waals surface area contributed by atoms with Crippen LogP contribution in [-0.4, -0.2) is 10.9 Å². The summed E-state index contributed by atoms with van der Waals surface area (Å²) in [6.45, 7) is 2.51. The van der Waals surface area contributed by atoms with Gasteiger partial charge in [-0.2, -0.15) is 0 Å². The highest BCUT2D eigenvalue weighted by Crippen LogP contribution is 2.17. The van der Waals surface area contributed by atoms with Crippen LogP contribution < -0.4 is 5.32 Å². The van der Waals surface area contributed by atoms with Crippen LogP contribution in [0.15, 0.2) is 17.6 Å². The Hall–Kier alpha value is -0.470. The van der Waals surface area contributed by atoms with Crippen molar-refractivity contribution in [3.8, 4) is 0 Å². The maximum atomic E-state index is 11.7. The first-order valence-electron chi connectivity index (χ1n) is 4.58. The summed E-state index contributed by atoms with van der Waals surface area (Å²) in [5.41, 5.74) is 0.732. The topological polar surface area (TPSA) is 42.0 Å². The van der Waals surface area contributed by atoms with Crippen molar-refractivity contribution in [2.75, 3.05) is 0 Å². The molecule has 0 aliphatic heterocycles. The minimum absolute atomic E-state index is 0.0229. The fourth-order valence-corrected chi connectivity index (χ4v) is 3.25. The molecule has 0 aliphatic carbocycles. The van der Waals surface area contributed by atoms with Crippen molar-refractivity contribution in [3.05, 3.63) is 36.0 Å². The predicted octanol–water partition coefficient (Wildman–Crippen LogP) is 3.05.